The van der Waals surface area contributed by atoms with E-state index in [1.807, 2.05) is 0 Å². The molecule has 0 aromatic heterocycles. The topological polar surface area (TPSA) is 57.6 Å². The summed E-state index contributed by atoms with van der Waals surface area (Å²) in [5, 5.41) is 9.66. The first-order chi connectivity index (χ1) is 7.95. The molecule has 0 fully saturated rings. The van der Waals surface area contributed by atoms with Crippen molar-refractivity contribution in [3.8, 4) is 5.75 Å². The van der Waals surface area contributed by atoms with Gasteiger partial charge in [-0.15, -0.1) is 0 Å². The van der Waals surface area contributed by atoms with Gasteiger partial charge in [0.05, 0.1) is 10.0 Å². The Balaban J connectivity index is 2.74. The molecular formula is C12H10BrNO3. The second-order valence-corrected chi connectivity index (χ2v) is 4.71. The number of ketones is 2. The van der Waals surface area contributed by atoms with Crippen molar-refractivity contribution in [2.24, 2.45) is 0 Å². The number of benzene rings is 1. The molecule has 1 aromatic rings. The molecule has 0 unspecified atom stereocenters. The molecule has 1 aliphatic rings. The van der Waals surface area contributed by atoms with Crippen LogP contribution in [0.5, 0.6) is 5.75 Å². The van der Waals surface area contributed by atoms with Crippen LogP contribution in [0.15, 0.2) is 28.4 Å². The lowest BCUT2D eigenvalue weighted by Gasteiger charge is -2.23. The van der Waals surface area contributed by atoms with Crippen molar-refractivity contribution in [1.82, 2.24) is 4.90 Å². The van der Waals surface area contributed by atoms with Gasteiger partial charge in [-0.1, -0.05) is 6.07 Å². The van der Waals surface area contributed by atoms with Crippen molar-refractivity contribution in [2.45, 2.75) is 0 Å². The Hall–Kier alpha value is -1.62. The molecule has 88 valence electrons. The summed E-state index contributed by atoms with van der Waals surface area (Å²) in [5.41, 5.74) is 0.602. The van der Waals surface area contributed by atoms with E-state index in [1.165, 1.54) is 12.1 Å². The summed E-state index contributed by atoms with van der Waals surface area (Å²) in [6, 6.07) is 4.48. The minimum absolute atomic E-state index is 0.0648. The lowest BCUT2D eigenvalue weighted by Crippen LogP contribution is -2.28. The molecule has 0 bridgehead atoms. The van der Waals surface area contributed by atoms with E-state index in [9.17, 15) is 14.7 Å². The predicted octanol–water partition coefficient (Wildman–Crippen LogP) is 1.94. The maximum atomic E-state index is 12.2. The number of likely N-dealkylation sites (N-methyl/N-ethyl adjacent to an activating group) is 1. The van der Waals surface area contributed by atoms with Gasteiger partial charge < -0.3 is 10.0 Å². The SMILES string of the molecule is CN(C)C1=C(Br)C(=O)c2c(O)cccc2C1=O. The zero-order chi connectivity index (χ0) is 12.7. The Morgan fingerprint density at radius 2 is 1.82 bits per heavy atom. The molecule has 0 atom stereocenters. The van der Waals surface area contributed by atoms with Gasteiger partial charge in [0.15, 0.2) is 0 Å². The van der Waals surface area contributed by atoms with Crippen molar-refractivity contribution in [2.75, 3.05) is 14.1 Å². The van der Waals surface area contributed by atoms with Gasteiger partial charge in [-0.05, 0) is 28.1 Å². The number of carbonyl (C=O) groups excluding carboxylic acids is 2. The smallest absolute Gasteiger partial charge is 0.211 e. The molecule has 4 nitrogen and oxygen atoms in total. The van der Waals surface area contributed by atoms with Crippen LogP contribution in [-0.2, 0) is 0 Å². The maximum absolute atomic E-state index is 12.2. The van der Waals surface area contributed by atoms with Crippen LogP contribution < -0.4 is 0 Å². The highest BCUT2D eigenvalue weighted by Gasteiger charge is 2.33. The van der Waals surface area contributed by atoms with Gasteiger partial charge in [-0.3, -0.25) is 9.59 Å². The standard InChI is InChI=1S/C12H10BrNO3/c1-14(2)10-9(13)12(17)8-6(11(10)16)4-3-5-7(8)15/h3-5,15H,1-2H3. The summed E-state index contributed by atoms with van der Waals surface area (Å²) in [4.78, 5) is 25.8. The number of hydrogen-bond donors (Lipinski definition) is 1. The van der Waals surface area contributed by atoms with Crippen molar-refractivity contribution in [3.63, 3.8) is 0 Å². The number of phenols is 1. The molecule has 0 amide bonds. The third-order valence-corrected chi connectivity index (χ3v) is 3.32. The highest BCUT2D eigenvalue weighted by atomic mass is 79.9. The molecule has 0 aliphatic heterocycles. The number of phenolic OH excluding ortho intramolecular Hbond substituents is 1. The fourth-order valence-electron chi connectivity index (χ4n) is 1.81. The zero-order valence-corrected chi connectivity index (χ0v) is 10.9. The van der Waals surface area contributed by atoms with E-state index in [0.29, 0.717) is 5.70 Å². The van der Waals surface area contributed by atoms with Gasteiger partial charge >= 0.3 is 0 Å². The molecule has 0 saturated carbocycles. The van der Waals surface area contributed by atoms with E-state index in [2.05, 4.69) is 15.9 Å². The van der Waals surface area contributed by atoms with Crippen molar-refractivity contribution >= 4 is 27.5 Å². The van der Waals surface area contributed by atoms with E-state index >= 15 is 0 Å². The van der Waals surface area contributed by atoms with E-state index in [0.717, 1.165) is 0 Å². The second-order valence-electron chi connectivity index (χ2n) is 3.91. The molecular weight excluding hydrogens is 286 g/mol. The first-order valence-electron chi connectivity index (χ1n) is 4.93. The predicted molar refractivity (Wildman–Crippen MR) is 66.4 cm³/mol. The van der Waals surface area contributed by atoms with Gasteiger partial charge in [0.1, 0.15) is 11.4 Å². The molecule has 0 spiro atoms. The van der Waals surface area contributed by atoms with E-state index in [-0.39, 0.29) is 32.9 Å². The number of halogens is 1. The number of rotatable bonds is 1. The molecule has 2 rings (SSSR count). The summed E-state index contributed by atoms with van der Waals surface area (Å²) >= 11 is 3.12. The van der Waals surface area contributed by atoms with Gasteiger partial charge in [-0.2, -0.15) is 0 Å². The lowest BCUT2D eigenvalue weighted by molar-refractivity contribution is 0.0958. The number of aromatic hydroxyl groups is 1. The van der Waals surface area contributed by atoms with Crippen LogP contribution in [0.3, 0.4) is 0 Å². The second kappa shape index (κ2) is 4.00. The van der Waals surface area contributed by atoms with Gasteiger partial charge in [-0.25, -0.2) is 0 Å². The van der Waals surface area contributed by atoms with E-state index in [1.54, 1.807) is 25.1 Å². The van der Waals surface area contributed by atoms with E-state index < -0.39 is 0 Å². The summed E-state index contributed by atoms with van der Waals surface area (Å²) in [6.07, 6.45) is 0. The minimum atomic E-state index is -0.374. The maximum Gasteiger partial charge on any atom is 0.211 e. The summed E-state index contributed by atoms with van der Waals surface area (Å²) in [6.45, 7) is 0. The van der Waals surface area contributed by atoms with Crippen LogP contribution in [-0.4, -0.2) is 35.7 Å². The van der Waals surface area contributed by atoms with E-state index in [4.69, 9.17) is 0 Å². The van der Waals surface area contributed by atoms with Gasteiger partial charge in [0, 0.05) is 19.7 Å². The Kier molecular flexibility index (Phi) is 2.79. The normalized spacial score (nSPS) is 15.0. The zero-order valence-electron chi connectivity index (χ0n) is 9.32. The highest BCUT2D eigenvalue weighted by molar-refractivity contribution is 9.12. The van der Waals surface area contributed by atoms with Crippen molar-refractivity contribution in [1.29, 1.82) is 0 Å². The third kappa shape index (κ3) is 1.67. The Morgan fingerprint density at radius 1 is 1.18 bits per heavy atom. The molecule has 5 heteroatoms. The van der Waals surface area contributed by atoms with Crippen molar-refractivity contribution in [3.05, 3.63) is 39.5 Å². The van der Waals surface area contributed by atoms with Gasteiger partial charge in [0.25, 0.3) is 0 Å². The van der Waals surface area contributed by atoms with Crippen LogP contribution in [0.25, 0.3) is 0 Å². The quantitative estimate of drug-likeness (QED) is 0.860. The first-order valence-corrected chi connectivity index (χ1v) is 5.73. The minimum Gasteiger partial charge on any atom is -0.507 e. The van der Waals surface area contributed by atoms with Crippen LogP contribution in [0.1, 0.15) is 20.7 Å². The van der Waals surface area contributed by atoms with Crippen LogP contribution >= 0.6 is 15.9 Å². The average molecular weight is 296 g/mol. The molecule has 1 aromatic carbocycles. The molecule has 1 aliphatic carbocycles. The molecule has 0 saturated heterocycles. The fourth-order valence-corrected chi connectivity index (χ4v) is 2.54. The van der Waals surface area contributed by atoms with Crippen LogP contribution in [0, 0.1) is 0 Å². The largest absolute Gasteiger partial charge is 0.507 e. The number of carbonyl (C=O) groups is 2. The summed E-state index contributed by atoms with van der Waals surface area (Å²) in [7, 11) is 3.38. The Labute approximate surface area is 107 Å². The monoisotopic (exact) mass is 295 g/mol. The van der Waals surface area contributed by atoms with Crippen LogP contribution in [0.2, 0.25) is 0 Å². The number of allylic oxidation sites excluding steroid dienone is 2. The molecule has 0 radical (unpaired) electrons. The fraction of sp³-hybridized carbons (Fsp3) is 0.167. The third-order valence-electron chi connectivity index (χ3n) is 2.58. The molecule has 17 heavy (non-hydrogen) atoms. The number of nitrogens with zero attached hydrogens (tertiary/aromatic N) is 1. The summed E-state index contributed by atoms with van der Waals surface area (Å²) < 4.78 is 0.182. The van der Waals surface area contributed by atoms with Crippen molar-refractivity contribution < 1.29 is 14.7 Å². The molecule has 0 heterocycles. The van der Waals surface area contributed by atoms with Crippen LogP contribution in [0.4, 0.5) is 0 Å². The number of Topliss-reactive ketones (excluding diaryl/α,β-unsaturated/α-hetero) is 2. The molecule has 1 N–H and O–H groups in total. The average Bonchev–Trinajstić information content (AvgIpc) is 2.25. The number of fused-ring (bicyclic) bond motifs is 1. The highest BCUT2D eigenvalue weighted by Crippen LogP contribution is 2.34. The summed E-state index contributed by atoms with van der Waals surface area (Å²) in [5.74, 6) is -0.815. The van der Waals surface area contributed by atoms with Gasteiger partial charge in [0.2, 0.25) is 11.6 Å². The Morgan fingerprint density at radius 3 is 2.41 bits per heavy atom. The number of hydrogen-bond acceptors (Lipinski definition) is 4. The Bertz CT molecular complexity index is 561. The lowest BCUT2D eigenvalue weighted by atomic mass is 9.91. The first kappa shape index (κ1) is 11.9.